The van der Waals surface area contributed by atoms with Gasteiger partial charge in [0.15, 0.2) is 11.4 Å². The third-order valence-electron chi connectivity index (χ3n) is 4.34. The number of carbonyl (C=O) groups excluding carboxylic acids is 2. The van der Waals surface area contributed by atoms with Crippen LogP contribution < -0.4 is 0 Å². The van der Waals surface area contributed by atoms with Gasteiger partial charge in [-0.05, 0) is 47.0 Å². The number of esters is 1. The van der Waals surface area contributed by atoms with Gasteiger partial charge in [-0.2, -0.15) is 0 Å². The van der Waals surface area contributed by atoms with Crippen molar-refractivity contribution in [1.29, 1.82) is 0 Å². The van der Waals surface area contributed by atoms with Gasteiger partial charge in [-0.15, -0.1) is 0 Å². The van der Waals surface area contributed by atoms with Gasteiger partial charge in [0.1, 0.15) is 17.1 Å². The summed E-state index contributed by atoms with van der Waals surface area (Å²) in [6.07, 6.45) is 0.886. The molecule has 0 aliphatic carbocycles. The Hall–Kier alpha value is -0.940. The zero-order valence-corrected chi connectivity index (χ0v) is 14.2. The smallest absolute Gasteiger partial charge is 0.320 e. The van der Waals surface area contributed by atoms with Crippen molar-refractivity contribution < 1.29 is 24.1 Å². The lowest BCUT2D eigenvalue weighted by Crippen LogP contribution is -2.65. The number of ether oxygens (including phenoxy) is 1. The van der Waals surface area contributed by atoms with Gasteiger partial charge in [0.05, 0.1) is 0 Å². The van der Waals surface area contributed by atoms with E-state index in [0.717, 1.165) is 0 Å². The Labute approximate surface area is 127 Å². The molecule has 0 bridgehead atoms. The zero-order chi connectivity index (χ0) is 16.5. The first-order valence-corrected chi connectivity index (χ1v) is 7.72. The van der Waals surface area contributed by atoms with Crippen molar-refractivity contribution in [2.75, 3.05) is 0 Å². The van der Waals surface area contributed by atoms with Crippen LogP contribution in [0.5, 0.6) is 0 Å². The van der Waals surface area contributed by atoms with Gasteiger partial charge in [0.2, 0.25) is 0 Å². The van der Waals surface area contributed by atoms with Gasteiger partial charge >= 0.3 is 5.97 Å². The molecule has 1 saturated heterocycles. The quantitative estimate of drug-likeness (QED) is 0.428. The Balaban J connectivity index is 3.16. The lowest BCUT2D eigenvalue weighted by atomic mass is 9.69. The van der Waals surface area contributed by atoms with Crippen LogP contribution in [0.25, 0.3) is 0 Å². The molecule has 0 aromatic carbocycles. The third-order valence-corrected chi connectivity index (χ3v) is 4.34. The maximum Gasteiger partial charge on any atom is 0.320 e. The lowest BCUT2D eigenvalue weighted by molar-refractivity contribution is -0.490. The van der Waals surface area contributed by atoms with Crippen molar-refractivity contribution in [2.24, 2.45) is 5.41 Å². The fourth-order valence-electron chi connectivity index (χ4n) is 2.72. The highest BCUT2D eigenvalue weighted by molar-refractivity contribution is 6.08. The van der Waals surface area contributed by atoms with Gasteiger partial charge < -0.3 is 4.74 Å². The number of Topliss-reactive ketones (excluding diaryl/α,β-unsaturated/α-hetero) is 1. The first-order chi connectivity index (χ1) is 9.59. The topological polar surface area (TPSA) is 61.8 Å². The standard InChI is InChI=1S/C16H28O5/c1-8-15(9-2,13(18)19-14(5,6)7)12(17)16(10-3)11(4)20-21-16/h11H,8-10H2,1-7H3. The molecule has 1 fully saturated rings. The molecular weight excluding hydrogens is 272 g/mol. The summed E-state index contributed by atoms with van der Waals surface area (Å²) in [6.45, 7) is 12.7. The second kappa shape index (κ2) is 6.05. The first kappa shape index (κ1) is 18.1. The fourth-order valence-corrected chi connectivity index (χ4v) is 2.72. The summed E-state index contributed by atoms with van der Waals surface area (Å²) in [4.78, 5) is 35.9. The molecule has 0 N–H and O–H groups in total. The molecule has 5 heteroatoms. The Morgan fingerprint density at radius 2 is 1.67 bits per heavy atom. The Morgan fingerprint density at radius 3 is 1.90 bits per heavy atom. The molecule has 0 saturated carbocycles. The number of carbonyl (C=O) groups is 2. The predicted molar refractivity (Wildman–Crippen MR) is 78.5 cm³/mol. The van der Waals surface area contributed by atoms with Crippen LogP contribution in [0.1, 0.15) is 67.7 Å². The van der Waals surface area contributed by atoms with E-state index in [4.69, 9.17) is 14.5 Å². The van der Waals surface area contributed by atoms with Gasteiger partial charge in [0.25, 0.3) is 0 Å². The van der Waals surface area contributed by atoms with Crippen LogP contribution in [0.4, 0.5) is 0 Å². The second-order valence-corrected chi connectivity index (χ2v) is 6.69. The van der Waals surface area contributed by atoms with E-state index in [9.17, 15) is 9.59 Å². The molecule has 1 heterocycles. The third kappa shape index (κ3) is 2.99. The molecule has 0 spiro atoms. The molecule has 2 unspecified atom stereocenters. The molecular formula is C16H28O5. The predicted octanol–water partition coefficient (Wildman–Crippen LogP) is 3.20. The highest BCUT2D eigenvalue weighted by Gasteiger charge is 2.62. The largest absolute Gasteiger partial charge is 0.459 e. The van der Waals surface area contributed by atoms with E-state index in [1.165, 1.54) is 0 Å². The summed E-state index contributed by atoms with van der Waals surface area (Å²) in [5.41, 5.74) is -2.85. The van der Waals surface area contributed by atoms with Crippen LogP contribution in [-0.2, 0) is 24.1 Å². The number of rotatable bonds is 6. The summed E-state index contributed by atoms with van der Waals surface area (Å²) in [5, 5.41) is 0. The number of hydrogen-bond acceptors (Lipinski definition) is 5. The van der Waals surface area contributed by atoms with Crippen molar-refractivity contribution in [3.8, 4) is 0 Å². The summed E-state index contributed by atoms with van der Waals surface area (Å²) < 4.78 is 5.49. The van der Waals surface area contributed by atoms with E-state index in [1.54, 1.807) is 27.7 Å². The number of ketones is 1. The van der Waals surface area contributed by atoms with E-state index in [-0.39, 0.29) is 11.9 Å². The highest BCUT2D eigenvalue weighted by Crippen LogP contribution is 2.43. The van der Waals surface area contributed by atoms with E-state index >= 15 is 0 Å². The summed E-state index contributed by atoms with van der Waals surface area (Å²) in [6, 6.07) is 0. The molecule has 1 aliphatic heterocycles. The van der Waals surface area contributed by atoms with Crippen molar-refractivity contribution in [2.45, 2.75) is 85.0 Å². The Kier molecular flexibility index (Phi) is 5.22. The summed E-state index contributed by atoms with van der Waals surface area (Å²) >= 11 is 0. The SMILES string of the molecule is CCC(CC)(C(=O)OC(C)(C)C)C(=O)C1(CC)OOC1C. The molecule has 5 nitrogen and oxygen atoms in total. The Bertz CT molecular complexity index is 401. The first-order valence-electron chi connectivity index (χ1n) is 7.72. The van der Waals surface area contributed by atoms with Crippen LogP contribution in [0.3, 0.4) is 0 Å². The average Bonchev–Trinajstić information content (AvgIpc) is 2.38. The molecule has 2 atom stereocenters. The zero-order valence-electron chi connectivity index (χ0n) is 14.2. The molecule has 0 aromatic rings. The minimum atomic E-state index is -1.18. The minimum absolute atomic E-state index is 0.226. The van der Waals surface area contributed by atoms with Gasteiger partial charge in [0, 0.05) is 0 Å². The maximum atomic E-state index is 13.1. The molecule has 0 aromatic heterocycles. The van der Waals surface area contributed by atoms with Crippen molar-refractivity contribution in [3.05, 3.63) is 0 Å². The monoisotopic (exact) mass is 300 g/mol. The second-order valence-electron chi connectivity index (χ2n) is 6.69. The van der Waals surface area contributed by atoms with Crippen LogP contribution in [0.15, 0.2) is 0 Å². The van der Waals surface area contributed by atoms with Crippen molar-refractivity contribution in [3.63, 3.8) is 0 Å². The highest BCUT2D eigenvalue weighted by atomic mass is 17.3. The van der Waals surface area contributed by atoms with E-state index in [1.807, 2.05) is 20.8 Å². The average molecular weight is 300 g/mol. The van der Waals surface area contributed by atoms with Crippen LogP contribution in [0, 0.1) is 5.41 Å². The van der Waals surface area contributed by atoms with E-state index in [2.05, 4.69) is 0 Å². The van der Waals surface area contributed by atoms with E-state index in [0.29, 0.717) is 19.3 Å². The maximum absolute atomic E-state index is 13.1. The lowest BCUT2D eigenvalue weighted by Gasteiger charge is -2.47. The molecule has 1 rings (SSSR count). The minimum Gasteiger partial charge on any atom is -0.459 e. The molecule has 1 aliphatic rings. The van der Waals surface area contributed by atoms with Crippen LogP contribution >= 0.6 is 0 Å². The van der Waals surface area contributed by atoms with Crippen molar-refractivity contribution in [1.82, 2.24) is 0 Å². The van der Waals surface area contributed by atoms with Crippen LogP contribution in [0.2, 0.25) is 0 Å². The molecule has 21 heavy (non-hydrogen) atoms. The van der Waals surface area contributed by atoms with Crippen molar-refractivity contribution >= 4 is 11.8 Å². The van der Waals surface area contributed by atoms with E-state index < -0.39 is 22.6 Å². The summed E-state index contributed by atoms with van der Waals surface area (Å²) in [5.74, 6) is -0.698. The van der Waals surface area contributed by atoms with Crippen LogP contribution in [-0.4, -0.2) is 29.1 Å². The van der Waals surface area contributed by atoms with Gasteiger partial charge in [-0.3, -0.25) is 9.59 Å². The fraction of sp³-hybridized carbons (Fsp3) is 0.875. The Morgan fingerprint density at radius 1 is 1.14 bits per heavy atom. The van der Waals surface area contributed by atoms with Gasteiger partial charge in [-0.1, -0.05) is 20.8 Å². The summed E-state index contributed by atoms with van der Waals surface area (Å²) in [7, 11) is 0. The molecule has 122 valence electrons. The molecule has 0 radical (unpaired) electrons. The normalized spacial score (nSPS) is 26.1. The van der Waals surface area contributed by atoms with Gasteiger partial charge in [-0.25, -0.2) is 9.78 Å². The number of hydrogen-bond donors (Lipinski definition) is 0. The molecule has 0 amide bonds.